The molecule has 1 aromatic heterocycles. The summed E-state index contributed by atoms with van der Waals surface area (Å²) in [5.41, 5.74) is 2.28. The number of nitrogens with one attached hydrogen (secondary N) is 2. The smallest absolute Gasteiger partial charge is 0.171 e. The molecule has 0 amide bonds. The Morgan fingerprint density at radius 1 is 1.23 bits per heavy atom. The lowest BCUT2D eigenvalue weighted by atomic mass is 10.2. The first-order valence-corrected chi connectivity index (χ1v) is 10.2. The summed E-state index contributed by atoms with van der Waals surface area (Å²) < 4.78 is 1.11. The molecule has 1 fully saturated rings. The highest BCUT2D eigenvalue weighted by Crippen LogP contribution is 2.39. The third-order valence-electron chi connectivity index (χ3n) is 4.54. The van der Waals surface area contributed by atoms with Gasteiger partial charge in [0, 0.05) is 11.6 Å². The Bertz CT molecular complexity index is 934. The molecule has 134 valence electrons. The van der Waals surface area contributed by atoms with Crippen LogP contribution in [-0.2, 0) is 0 Å². The summed E-state index contributed by atoms with van der Waals surface area (Å²) in [6, 6.07) is 12.0. The van der Waals surface area contributed by atoms with Crippen LogP contribution in [0.1, 0.15) is 25.7 Å². The van der Waals surface area contributed by atoms with Crippen LogP contribution in [0.2, 0.25) is 5.02 Å². The van der Waals surface area contributed by atoms with Crippen LogP contribution in [0, 0.1) is 0 Å². The summed E-state index contributed by atoms with van der Waals surface area (Å²) in [5.74, 6) is -0.00732. The number of para-hydroxylation sites is 1. The molecule has 3 aromatic rings. The van der Waals surface area contributed by atoms with E-state index in [4.69, 9.17) is 23.8 Å². The SMILES string of the molecule is Oc1c(Cl)cc(-c2nc3ccccc3s2)cc1NC(=S)NC1CCCC1. The van der Waals surface area contributed by atoms with E-state index in [0.29, 0.717) is 16.8 Å². The number of phenols is 1. The molecule has 0 atom stereocenters. The molecule has 1 saturated carbocycles. The maximum atomic E-state index is 10.3. The Kier molecular flexibility index (Phi) is 4.98. The van der Waals surface area contributed by atoms with Crippen LogP contribution in [0.15, 0.2) is 36.4 Å². The molecule has 0 bridgehead atoms. The number of thiocarbonyl (C=S) groups is 1. The van der Waals surface area contributed by atoms with Crippen LogP contribution in [-0.4, -0.2) is 21.2 Å². The van der Waals surface area contributed by atoms with Crippen LogP contribution in [0.4, 0.5) is 5.69 Å². The normalized spacial score (nSPS) is 14.7. The minimum Gasteiger partial charge on any atom is -0.504 e. The number of fused-ring (bicyclic) bond motifs is 1. The molecular weight excluding hydrogens is 386 g/mol. The van der Waals surface area contributed by atoms with Gasteiger partial charge in [-0.05, 0) is 49.3 Å². The number of aromatic nitrogens is 1. The van der Waals surface area contributed by atoms with E-state index in [9.17, 15) is 5.11 Å². The van der Waals surface area contributed by atoms with E-state index in [1.54, 1.807) is 17.4 Å². The van der Waals surface area contributed by atoms with Gasteiger partial charge in [0.25, 0.3) is 0 Å². The molecule has 0 saturated heterocycles. The van der Waals surface area contributed by atoms with E-state index < -0.39 is 0 Å². The summed E-state index contributed by atoms with van der Waals surface area (Å²) in [7, 11) is 0. The molecule has 4 rings (SSSR count). The zero-order valence-corrected chi connectivity index (χ0v) is 16.3. The monoisotopic (exact) mass is 403 g/mol. The van der Waals surface area contributed by atoms with Crippen LogP contribution in [0.5, 0.6) is 5.75 Å². The molecule has 0 spiro atoms. The van der Waals surface area contributed by atoms with E-state index in [2.05, 4.69) is 15.6 Å². The van der Waals surface area contributed by atoms with Crippen molar-refractivity contribution in [3.63, 3.8) is 0 Å². The molecule has 26 heavy (non-hydrogen) atoms. The largest absolute Gasteiger partial charge is 0.504 e. The van der Waals surface area contributed by atoms with Gasteiger partial charge in [-0.2, -0.15) is 0 Å². The van der Waals surface area contributed by atoms with E-state index >= 15 is 0 Å². The molecule has 1 heterocycles. The van der Waals surface area contributed by atoms with Crippen LogP contribution in [0.3, 0.4) is 0 Å². The Labute approximate surface area is 166 Å². The second-order valence-electron chi connectivity index (χ2n) is 6.42. The van der Waals surface area contributed by atoms with Gasteiger partial charge >= 0.3 is 0 Å². The average Bonchev–Trinajstić information content (AvgIpc) is 3.27. The lowest BCUT2D eigenvalue weighted by Gasteiger charge is -2.17. The molecule has 4 nitrogen and oxygen atoms in total. The quantitative estimate of drug-likeness (QED) is 0.395. The average molecular weight is 404 g/mol. The second-order valence-corrected chi connectivity index (χ2v) is 8.27. The number of halogens is 1. The number of hydrogen-bond donors (Lipinski definition) is 3. The number of phenolic OH excluding ortho intramolecular Hbond substituents is 1. The minimum atomic E-state index is -0.00732. The highest BCUT2D eigenvalue weighted by molar-refractivity contribution is 7.80. The van der Waals surface area contributed by atoms with Crippen molar-refractivity contribution in [2.24, 2.45) is 0 Å². The van der Waals surface area contributed by atoms with Gasteiger partial charge < -0.3 is 15.7 Å². The van der Waals surface area contributed by atoms with Crippen molar-refractivity contribution in [3.05, 3.63) is 41.4 Å². The topological polar surface area (TPSA) is 57.2 Å². The maximum absolute atomic E-state index is 10.3. The molecule has 2 aromatic carbocycles. The zero-order valence-electron chi connectivity index (χ0n) is 14.0. The second kappa shape index (κ2) is 7.39. The van der Waals surface area contributed by atoms with E-state index in [0.717, 1.165) is 33.6 Å². The summed E-state index contributed by atoms with van der Waals surface area (Å²) in [5, 5.41) is 18.3. The minimum absolute atomic E-state index is 0.00732. The lowest BCUT2D eigenvalue weighted by Crippen LogP contribution is -2.35. The number of hydrogen-bond acceptors (Lipinski definition) is 4. The summed E-state index contributed by atoms with van der Waals surface area (Å²) >= 11 is 13.2. The molecule has 1 aliphatic carbocycles. The van der Waals surface area contributed by atoms with Crippen molar-refractivity contribution in [1.29, 1.82) is 0 Å². The first-order valence-electron chi connectivity index (χ1n) is 8.56. The van der Waals surface area contributed by atoms with Crippen LogP contribution < -0.4 is 10.6 Å². The van der Waals surface area contributed by atoms with Gasteiger partial charge in [-0.15, -0.1) is 11.3 Å². The third kappa shape index (κ3) is 3.63. The number of rotatable bonds is 3. The molecule has 3 N–H and O–H groups in total. The Morgan fingerprint density at radius 3 is 2.77 bits per heavy atom. The first-order chi connectivity index (χ1) is 12.6. The van der Waals surface area contributed by atoms with E-state index in [1.807, 2.05) is 30.3 Å². The highest BCUT2D eigenvalue weighted by atomic mass is 35.5. The van der Waals surface area contributed by atoms with Crippen molar-refractivity contribution in [1.82, 2.24) is 10.3 Å². The van der Waals surface area contributed by atoms with Gasteiger partial charge in [-0.1, -0.05) is 36.6 Å². The van der Waals surface area contributed by atoms with Crippen LogP contribution in [0.25, 0.3) is 20.8 Å². The molecule has 0 aliphatic heterocycles. The predicted octanol–water partition coefficient (Wildman–Crippen LogP) is 5.55. The van der Waals surface area contributed by atoms with Crippen LogP contribution >= 0.6 is 35.2 Å². The maximum Gasteiger partial charge on any atom is 0.171 e. The van der Waals surface area contributed by atoms with Gasteiger partial charge in [0.1, 0.15) is 5.01 Å². The number of anilines is 1. The first kappa shape index (κ1) is 17.5. The third-order valence-corrected chi connectivity index (χ3v) is 6.14. The predicted molar refractivity (Wildman–Crippen MR) is 113 cm³/mol. The number of nitrogens with zero attached hydrogens (tertiary/aromatic N) is 1. The molecule has 0 radical (unpaired) electrons. The fraction of sp³-hybridized carbons (Fsp3) is 0.263. The van der Waals surface area contributed by atoms with Crippen molar-refractivity contribution >= 4 is 56.2 Å². The summed E-state index contributed by atoms with van der Waals surface area (Å²) in [6.07, 6.45) is 4.70. The van der Waals surface area contributed by atoms with Gasteiger partial charge in [-0.25, -0.2) is 4.98 Å². The lowest BCUT2D eigenvalue weighted by molar-refractivity contribution is 0.478. The molecule has 0 unspecified atom stereocenters. The summed E-state index contributed by atoms with van der Waals surface area (Å²) in [6.45, 7) is 0. The molecular formula is C19H18ClN3OS2. The van der Waals surface area contributed by atoms with Crippen molar-refractivity contribution in [2.75, 3.05) is 5.32 Å². The molecule has 7 heteroatoms. The van der Waals surface area contributed by atoms with Gasteiger partial charge in [0.2, 0.25) is 0 Å². The van der Waals surface area contributed by atoms with Gasteiger partial charge in [0.05, 0.1) is 20.9 Å². The number of benzene rings is 2. The Balaban J connectivity index is 1.61. The fourth-order valence-electron chi connectivity index (χ4n) is 3.23. The van der Waals surface area contributed by atoms with Crippen molar-refractivity contribution in [3.8, 4) is 16.3 Å². The van der Waals surface area contributed by atoms with E-state index in [-0.39, 0.29) is 10.8 Å². The Hall–Kier alpha value is -1.89. The van der Waals surface area contributed by atoms with Gasteiger partial charge in [-0.3, -0.25) is 0 Å². The fourth-order valence-corrected chi connectivity index (χ4v) is 4.68. The summed E-state index contributed by atoms with van der Waals surface area (Å²) in [4.78, 5) is 4.66. The van der Waals surface area contributed by atoms with Crippen molar-refractivity contribution < 1.29 is 5.11 Å². The number of aromatic hydroxyl groups is 1. The standard InChI is InChI=1S/C19H18ClN3OS2/c20-13-9-11(18-22-14-7-3-4-8-16(14)26-18)10-15(17(13)24)23-19(25)21-12-5-1-2-6-12/h3-4,7-10,12,24H,1-2,5-6H2,(H2,21,23,25). The zero-order chi connectivity index (χ0) is 18.1. The Morgan fingerprint density at radius 2 is 2.00 bits per heavy atom. The highest BCUT2D eigenvalue weighted by Gasteiger charge is 2.17. The van der Waals surface area contributed by atoms with Crippen molar-refractivity contribution in [2.45, 2.75) is 31.7 Å². The molecule has 1 aliphatic rings. The number of thiazole rings is 1. The van der Waals surface area contributed by atoms with Gasteiger partial charge in [0.15, 0.2) is 10.9 Å². The van der Waals surface area contributed by atoms with E-state index in [1.165, 1.54) is 12.8 Å².